The molecule has 3 aromatic rings. The summed E-state index contributed by atoms with van der Waals surface area (Å²) in [6.45, 7) is 8.38. The summed E-state index contributed by atoms with van der Waals surface area (Å²) in [5.41, 5.74) is 10.7. The van der Waals surface area contributed by atoms with E-state index in [0.29, 0.717) is 5.75 Å². The molecule has 0 fully saturated rings. The molecule has 1 N–H and O–H groups in total. The Bertz CT molecular complexity index is 1090. The summed E-state index contributed by atoms with van der Waals surface area (Å²) in [6, 6.07) is 16.7. The highest BCUT2D eigenvalue weighted by molar-refractivity contribution is 9.10. The van der Waals surface area contributed by atoms with Crippen LogP contribution < -0.4 is 5.43 Å². The number of benzene rings is 2. The van der Waals surface area contributed by atoms with Gasteiger partial charge in [0.15, 0.2) is 0 Å². The summed E-state index contributed by atoms with van der Waals surface area (Å²) in [6.07, 6.45) is 1.72. The Kier molecular flexibility index (Phi) is 7.56. The van der Waals surface area contributed by atoms with Gasteiger partial charge in [-0.05, 0) is 63.1 Å². The summed E-state index contributed by atoms with van der Waals surface area (Å²) in [5.74, 6) is 1.05. The van der Waals surface area contributed by atoms with Crippen LogP contribution in [0.25, 0.3) is 5.69 Å². The molecule has 0 atom stereocenters. The van der Waals surface area contributed by atoms with Gasteiger partial charge in [-0.3, -0.25) is 4.79 Å². The molecule has 1 heterocycles. The Hall–Kier alpha value is -2.31. The second-order valence-corrected chi connectivity index (χ2v) is 9.27. The fraction of sp³-hybridized carbons (Fsp3) is 0.250. The summed E-state index contributed by atoms with van der Waals surface area (Å²) < 4.78 is 3.28. The zero-order valence-electron chi connectivity index (χ0n) is 17.7. The van der Waals surface area contributed by atoms with Gasteiger partial charge in [0.1, 0.15) is 0 Å². The first-order valence-corrected chi connectivity index (χ1v) is 11.7. The largest absolute Gasteiger partial charge is 0.318 e. The molecule has 6 heteroatoms. The van der Waals surface area contributed by atoms with Crippen molar-refractivity contribution < 1.29 is 4.79 Å². The van der Waals surface area contributed by atoms with E-state index < -0.39 is 0 Å². The topological polar surface area (TPSA) is 46.4 Å². The van der Waals surface area contributed by atoms with Gasteiger partial charge < -0.3 is 4.57 Å². The molecular formula is C24H26BrN3OS. The first-order chi connectivity index (χ1) is 14.3. The summed E-state index contributed by atoms with van der Waals surface area (Å²) in [5, 5.41) is 4.17. The molecule has 0 aliphatic rings. The Balaban J connectivity index is 1.59. The van der Waals surface area contributed by atoms with E-state index >= 15 is 0 Å². The third-order valence-corrected chi connectivity index (χ3v) is 6.34. The lowest BCUT2D eigenvalue weighted by Gasteiger charge is -2.13. The fourth-order valence-electron chi connectivity index (χ4n) is 3.44. The maximum atomic E-state index is 12.1. The number of hydrogen-bond acceptors (Lipinski definition) is 3. The van der Waals surface area contributed by atoms with E-state index in [0.717, 1.165) is 27.2 Å². The number of nitrogens with one attached hydrogen (secondary N) is 1. The lowest BCUT2D eigenvalue weighted by atomic mass is 10.1. The maximum Gasteiger partial charge on any atom is 0.250 e. The smallest absolute Gasteiger partial charge is 0.250 e. The molecule has 0 saturated carbocycles. The molecule has 3 rings (SSSR count). The number of nitrogens with zero attached hydrogens (tertiary/aromatic N) is 2. The standard InChI is InChI=1S/C24H26BrN3OS/c1-16-8-9-23(17(2)10-16)28-18(3)11-21(19(28)4)13-26-27-24(29)15-30-14-20-6-5-7-22(25)12-20/h5-13H,14-15H2,1-4H3,(H,27,29)/b26-13+. The molecular weight excluding hydrogens is 458 g/mol. The number of carbonyl (C=O) groups is 1. The van der Waals surface area contributed by atoms with Crippen molar-refractivity contribution >= 4 is 39.8 Å². The average Bonchev–Trinajstić information content (AvgIpc) is 2.96. The number of rotatable bonds is 7. The van der Waals surface area contributed by atoms with E-state index in [1.165, 1.54) is 22.4 Å². The van der Waals surface area contributed by atoms with Crippen LogP contribution in [0, 0.1) is 27.7 Å². The number of carbonyl (C=O) groups excluding carboxylic acids is 1. The number of hydrazone groups is 1. The van der Waals surface area contributed by atoms with E-state index in [-0.39, 0.29) is 5.91 Å². The predicted octanol–water partition coefficient (Wildman–Crippen LogP) is 5.86. The molecule has 30 heavy (non-hydrogen) atoms. The van der Waals surface area contributed by atoms with Gasteiger partial charge in [0, 0.05) is 32.9 Å². The minimum absolute atomic E-state index is 0.102. The van der Waals surface area contributed by atoms with Crippen LogP contribution in [0.4, 0.5) is 0 Å². The molecule has 1 amide bonds. The molecule has 0 aliphatic carbocycles. The van der Waals surface area contributed by atoms with E-state index in [4.69, 9.17) is 0 Å². The second-order valence-electron chi connectivity index (χ2n) is 7.37. The predicted molar refractivity (Wildman–Crippen MR) is 131 cm³/mol. The molecule has 0 radical (unpaired) electrons. The zero-order valence-corrected chi connectivity index (χ0v) is 20.1. The van der Waals surface area contributed by atoms with Crippen LogP contribution in [0.2, 0.25) is 0 Å². The van der Waals surface area contributed by atoms with Crippen molar-refractivity contribution in [2.75, 3.05) is 5.75 Å². The van der Waals surface area contributed by atoms with E-state index in [1.54, 1.807) is 18.0 Å². The van der Waals surface area contributed by atoms with Crippen LogP contribution in [-0.2, 0) is 10.5 Å². The van der Waals surface area contributed by atoms with Crippen molar-refractivity contribution in [3.8, 4) is 5.69 Å². The van der Waals surface area contributed by atoms with Gasteiger partial charge in [0.25, 0.3) is 0 Å². The lowest BCUT2D eigenvalue weighted by molar-refractivity contribution is -0.118. The Morgan fingerprint density at radius 1 is 1.13 bits per heavy atom. The number of thioether (sulfide) groups is 1. The van der Waals surface area contributed by atoms with Crippen molar-refractivity contribution in [3.05, 3.63) is 86.6 Å². The molecule has 156 valence electrons. The van der Waals surface area contributed by atoms with Crippen LogP contribution >= 0.6 is 27.7 Å². The van der Waals surface area contributed by atoms with Gasteiger partial charge in [-0.15, -0.1) is 11.8 Å². The SMILES string of the molecule is Cc1ccc(-n2c(C)cc(/C=N/NC(=O)CSCc3cccc(Br)c3)c2C)c(C)c1. The highest BCUT2D eigenvalue weighted by Crippen LogP contribution is 2.23. The summed E-state index contributed by atoms with van der Waals surface area (Å²) in [4.78, 5) is 12.1. The van der Waals surface area contributed by atoms with Crippen LogP contribution in [-0.4, -0.2) is 22.4 Å². The number of hydrogen-bond donors (Lipinski definition) is 1. The number of aromatic nitrogens is 1. The molecule has 0 bridgehead atoms. The maximum absolute atomic E-state index is 12.1. The van der Waals surface area contributed by atoms with Gasteiger partial charge >= 0.3 is 0 Å². The highest BCUT2D eigenvalue weighted by atomic mass is 79.9. The third-order valence-electron chi connectivity index (χ3n) is 4.85. The molecule has 0 spiro atoms. The minimum Gasteiger partial charge on any atom is -0.318 e. The number of amides is 1. The van der Waals surface area contributed by atoms with Gasteiger partial charge in [0.2, 0.25) is 5.91 Å². The molecule has 1 aromatic heterocycles. The van der Waals surface area contributed by atoms with Crippen molar-refractivity contribution in [2.45, 2.75) is 33.4 Å². The van der Waals surface area contributed by atoms with Crippen LogP contribution in [0.5, 0.6) is 0 Å². The normalized spacial score (nSPS) is 11.2. The molecule has 0 aliphatic heterocycles. The zero-order chi connectivity index (χ0) is 21.7. The number of aryl methyl sites for hydroxylation is 3. The van der Waals surface area contributed by atoms with Gasteiger partial charge in [-0.1, -0.05) is 45.8 Å². The quantitative estimate of drug-likeness (QED) is 0.338. The Labute approximate surface area is 190 Å². The van der Waals surface area contributed by atoms with Crippen LogP contribution in [0.15, 0.2) is 58.1 Å². The van der Waals surface area contributed by atoms with Gasteiger partial charge in [0.05, 0.1) is 12.0 Å². The first-order valence-electron chi connectivity index (χ1n) is 9.76. The van der Waals surface area contributed by atoms with Crippen LogP contribution in [0.1, 0.15) is 33.6 Å². The molecule has 2 aromatic carbocycles. The van der Waals surface area contributed by atoms with Crippen molar-refractivity contribution in [1.29, 1.82) is 0 Å². The summed E-state index contributed by atoms with van der Waals surface area (Å²) >= 11 is 5.03. The molecule has 4 nitrogen and oxygen atoms in total. The van der Waals surface area contributed by atoms with Crippen molar-refractivity contribution in [3.63, 3.8) is 0 Å². The monoisotopic (exact) mass is 483 g/mol. The highest BCUT2D eigenvalue weighted by Gasteiger charge is 2.11. The Morgan fingerprint density at radius 3 is 2.67 bits per heavy atom. The van der Waals surface area contributed by atoms with E-state index in [9.17, 15) is 4.79 Å². The number of halogens is 1. The first kappa shape index (κ1) is 22.4. The third kappa shape index (κ3) is 5.64. The van der Waals surface area contributed by atoms with Crippen molar-refractivity contribution in [2.24, 2.45) is 5.10 Å². The second kappa shape index (κ2) is 10.1. The minimum atomic E-state index is -0.102. The van der Waals surface area contributed by atoms with E-state index in [2.05, 4.69) is 95.1 Å². The van der Waals surface area contributed by atoms with Gasteiger partial charge in [-0.25, -0.2) is 5.43 Å². The molecule has 0 saturated heterocycles. The van der Waals surface area contributed by atoms with E-state index in [1.807, 2.05) is 12.1 Å². The molecule has 0 unspecified atom stereocenters. The Morgan fingerprint density at radius 2 is 1.93 bits per heavy atom. The van der Waals surface area contributed by atoms with Crippen molar-refractivity contribution in [1.82, 2.24) is 9.99 Å². The lowest BCUT2D eigenvalue weighted by Crippen LogP contribution is -2.19. The van der Waals surface area contributed by atoms with Crippen LogP contribution in [0.3, 0.4) is 0 Å². The average molecular weight is 484 g/mol. The summed E-state index contributed by atoms with van der Waals surface area (Å²) in [7, 11) is 0. The van der Waals surface area contributed by atoms with Gasteiger partial charge in [-0.2, -0.15) is 5.10 Å². The fourth-order valence-corrected chi connectivity index (χ4v) is 4.65.